The third-order valence-electron chi connectivity index (χ3n) is 1.85. The number of hydrogen-bond acceptors (Lipinski definition) is 1. The highest BCUT2D eigenvalue weighted by molar-refractivity contribution is 6.63. The Hall–Kier alpha value is -0.560. The quantitative estimate of drug-likeness (QED) is 0.500. The lowest BCUT2D eigenvalue weighted by Crippen LogP contribution is -2.10. The van der Waals surface area contributed by atoms with Gasteiger partial charge in [-0.05, 0) is 30.9 Å². The monoisotopic (exact) mass is 200 g/mol. The number of carbonyl (C=O) groups is 1. The van der Waals surface area contributed by atoms with E-state index in [1.165, 1.54) is 5.57 Å². The summed E-state index contributed by atoms with van der Waals surface area (Å²) in [6, 6.07) is 0. The van der Waals surface area contributed by atoms with Crippen molar-refractivity contribution in [2.45, 2.75) is 34.1 Å². The van der Waals surface area contributed by atoms with Gasteiger partial charge >= 0.3 is 0 Å². The third kappa shape index (κ3) is 6.59. The van der Waals surface area contributed by atoms with Gasteiger partial charge in [0.2, 0.25) is 5.24 Å². The van der Waals surface area contributed by atoms with Crippen molar-refractivity contribution >= 4 is 16.8 Å². The van der Waals surface area contributed by atoms with Crippen LogP contribution in [0.2, 0.25) is 0 Å². The maximum Gasteiger partial charge on any atom is 0.222 e. The molecule has 13 heavy (non-hydrogen) atoms. The predicted molar refractivity (Wildman–Crippen MR) is 57.8 cm³/mol. The van der Waals surface area contributed by atoms with Gasteiger partial charge in [0.25, 0.3) is 0 Å². The lowest BCUT2D eigenvalue weighted by Gasteiger charge is -2.17. The molecule has 0 aliphatic heterocycles. The number of halogens is 1. The molecule has 0 amide bonds. The molecular weight excluding hydrogens is 184 g/mol. The summed E-state index contributed by atoms with van der Waals surface area (Å²) in [6.45, 7) is 7.99. The van der Waals surface area contributed by atoms with Gasteiger partial charge in [-0.1, -0.05) is 37.6 Å². The summed E-state index contributed by atoms with van der Waals surface area (Å²) in [6.07, 6.45) is 6.43. The van der Waals surface area contributed by atoms with E-state index in [-0.39, 0.29) is 10.7 Å². The van der Waals surface area contributed by atoms with Crippen LogP contribution in [0.5, 0.6) is 0 Å². The van der Waals surface area contributed by atoms with E-state index >= 15 is 0 Å². The highest BCUT2D eigenvalue weighted by Gasteiger charge is 2.16. The highest BCUT2D eigenvalue weighted by atomic mass is 35.5. The third-order valence-corrected chi connectivity index (χ3v) is 1.98. The first kappa shape index (κ1) is 12.4. The van der Waals surface area contributed by atoms with E-state index in [4.69, 9.17) is 11.6 Å². The molecule has 0 rings (SSSR count). The summed E-state index contributed by atoms with van der Waals surface area (Å²) in [5.74, 6) is 0. The number of carbonyl (C=O) groups excluding carboxylic acids is 1. The van der Waals surface area contributed by atoms with Gasteiger partial charge in [0, 0.05) is 6.42 Å². The van der Waals surface area contributed by atoms with Gasteiger partial charge in [0.1, 0.15) is 0 Å². The molecule has 0 aromatic rings. The zero-order chi connectivity index (χ0) is 10.5. The zero-order valence-corrected chi connectivity index (χ0v) is 9.48. The van der Waals surface area contributed by atoms with Gasteiger partial charge in [-0.3, -0.25) is 4.79 Å². The average Bonchev–Trinajstić information content (AvgIpc) is 1.98. The minimum absolute atomic E-state index is 0.150. The van der Waals surface area contributed by atoms with Gasteiger partial charge in [0.15, 0.2) is 0 Å². The Morgan fingerprint density at radius 3 is 2.38 bits per heavy atom. The topological polar surface area (TPSA) is 17.1 Å². The van der Waals surface area contributed by atoms with E-state index in [2.05, 4.69) is 0 Å². The number of hydrogen-bond donors (Lipinski definition) is 0. The van der Waals surface area contributed by atoms with Gasteiger partial charge in [-0.25, -0.2) is 0 Å². The lowest BCUT2D eigenvalue weighted by molar-refractivity contribution is -0.112. The second-order valence-corrected chi connectivity index (χ2v) is 4.31. The molecule has 0 unspecified atom stereocenters. The summed E-state index contributed by atoms with van der Waals surface area (Å²) >= 11 is 5.32. The Kier molecular flexibility index (Phi) is 5.01. The van der Waals surface area contributed by atoms with E-state index in [0.717, 1.165) is 0 Å². The van der Waals surface area contributed by atoms with Crippen molar-refractivity contribution in [2.24, 2.45) is 5.41 Å². The molecule has 0 spiro atoms. The van der Waals surface area contributed by atoms with Gasteiger partial charge < -0.3 is 0 Å². The van der Waals surface area contributed by atoms with E-state index in [9.17, 15) is 4.79 Å². The predicted octanol–water partition coefficient (Wildman–Crippen LogP) is 3.69. The van der Waals surface area contributed by atoms with Crippen LogP contribution in [0.4, 0.5) is 0 Å². The van der Waals surface area contributed by atoms with E-state index < -0.39 is 0 Å². The van der Waals surface area contributed by atoms with Crippen molar-refractivity contribution in [1.29, 1.82) is 0 Å². The molecule has 0 atom stereocenters. The van der Waals surface area contributed by atoms with Crippen molar-refractivity contribution in [3.05, 3.63) is 23.8 Å². The molecule has 0 saturated carbocycles. The molecule has 0 radical (unpaired) electrons. The van der Waals surface area contributed by atoms with Gasteiger partial charge in [-0.15, -0.1) is 0 Å². The summed E-state index contributed by atoms with van der Waals surface area (Å²) in [7, 11) is 0. The molecule has 74 valence electrons. The van der Waals surface area contributed by atoms with Crippen LogP contribution in [0.25, 0.3) is 0 Å². The number of rotatable bonds is 4. The van der Waals surface area contributed by atoms with E-state index in [1.54, 1.807) is 0 Å². The fraction of sp³-hybridized carbons (Fsp3) is 0.545. The van der Waals surface area contributed by atoms with Crippen molar-refractivity contribution in [1.82, 2.24) is 0 Å². The summed E-state index contributed by atoms with van der Waals surface area (Å²) in [5, 5.41) is -0.284. The first-order valence-electron chi connectivity index (χ1n) is 4.38. The maximum absolute atomic E-state index is 10.7. The number of allylic oxidation sites excluding steroid dienone is 4. The van der Waals surface area contributed by atoms with Crippen LogP contribution in [0, 0.1) is 5.41 Å². The van der Waals surface area contributed by atoms with Crippen LogP contribution < -0.4 is 0 Å². The molecule has 0 N–H and O–H groups in total. The van der Waals surface area contributed by atoms with Crippen molar-refractivity contribution in [2.75, 3.05) is 0 Å². The van der Waals surface area contributed by atoms with E-state index in [1.807, 2.05) is 45.9 Å². The maximum atomic E-state index is 10.7. The molecule has 2 heteroatoms. The molecule has 0 aliphatic rings. The first-order valence-corrected chi connectivity index (χ1v) is 4.75. The zero-order valence-electron chi connectivity index (χ0n) is 8.73. The smallest absolute Gasteiger partial charge is 0.222 e. The minimum Gasteiger partial charge on any atom is -0.281 e. The van der Waals surface area contributed by atoms with Crippen molar-refractivity contribution in [3.63, 3.8) is 0 Å². The second kappa shape index (κ2) is 5.23. The second-order valence-electron chi connectivity index (χ2n) is 3.89. The molecule has 0 saturated heterocycles. The average molecular weight is 201 g/mol. The standard InChI is InChI=1S/C11H17ClO/c1-5-9(2)6-7-11(3,4)8-10(12)13/h5-7H,8H2,1-4H3. The molecule has 0 aliphatic carbocycles. The van der Waals surface area contributed by atoms with E-state index in [0.29, 0.717) is 6.42 Å². The Bertz CT molecular complexity index is 236. The molecular formula is C11H17ClO. The van der Waals surface area contributed by atoms with Gasteiger partial charge in [-0.2, -0.15) is 0 Å². The molecule has 0 fully saturated rings. The van der Waals surface area contributed by atoms with Crippen LogP contribution in [0.15, 0.2) is 23.8 Å². The normalized spacial score (nSPS) is 13.8. The summed E-state index contributed by atoms with van der Waals surface area (Å²) in [4.78, 5) is 10.7. The van der Waals surface area contributed by atoms with Crippen LogP contribution in [-0.2, 0) is 4.79 Å². The van der Waals surface area contributed by atoms with Gasteiger partial charge in [0.05, 0.1) is 0 Å². The largest absolute Gasteiger partial charge is 0.281 e. The minimum atomic E-state index is -0.284. The molecule has 0 heterocycles. The summed E-state index contributed by atoms with van der Waals surface area (Å²) < 4.78 is 0. The van der Waals surface area contributed by atoms with Crippen molar-refractivity contribution in [3.8, 4) is 0 Å². The van der Waals surface area contributed by atoms with Crippen LogP contribution in [-0.4, -0.2) is 5.24 Å². The molecule has 0 bridgehead atoms. The lowest BCUT2D eigenvalue weighted by atomic mass is 9.89. The fourth-order valence-corrected chi connectivity index (χ4v) is 1.21. The van der Waals surface area contributed by atoms with Crippen molar-refractivity contribution < 1.29 is 4.79 Å². The van der Waals surface area contributed by atoms with Crippen LogP contribution >= 0.6 is 11.6 Å². The molecule has 0 aromatic carbocycles. The van der Waals surface area contributed by atoms with Crippen LogP contribution in [0.3, 0.4) is 0 Å². The molecule has 1 nitrogen and oxygen atoms in total. The van der Waals surface area contributed by atoms with Crippen LogP contribution in [0.1, 0.15) is 34.1 Å². The summed E-state index contributed by atoms with van der Waals surface area (Å²) in [5.41, 5.74) is 1.04. The Balaban J connectivity index is 4.32. The fourth-order valence-electron chi connectivity index (χ4n) is 0.870. The first-order chi connectivity index (χ1) is 5.87. The SMILES string of the molecule is CC=C(C)C=CC(C)(C)CC(=O)Cl. The Labute approximate surface area is 85.5 Å². The Morgan fingerprint density at radius 1 is 1.46 bits per heavy atom. The molecule has 0 aromatic heterocycles. The highest BCUT2D eigenvalue weighted by Crippen LogP contribution is 2.23. The Morgan fingerprint density at radius 2 is 2.00 bits per heavy atom.